The Labute approximate surface area is 121 Å². The van der Waals surface area contributed by atoms with Crippen LogP contribution < -0.4 is 14.8 Å². The fourth-order valence-corrected chi connectivity index (χ4v) is 2.02. The Bertz CT molecular complexity index is 418. The molecule has 1 N–H and O–H groups in total. The highest BCUT2D eigenvalue weighted by Gasteiger charge is 2.21. The van der Waals surface area contributed by atoms with Crippen LogP contribution in [0, 0.1) is 0 Å². The minimum Gasteiger partial charge on any atom is -0.497 e. The molecular weight excluding hydrogens is 254 g/mol. The van der Waals surface area contributed by atoms with Crippen molar-refractivity contribution in [3.8, 4) is 11.5 Å². The molecule has 0 amide bonds. The summed E-state index contributed by atoms with van der Waals surface area (Å²) in [5.74, 6) is 1.73. The molecule has 1 unspecified atom stereocenters. The van der Waals surface area contributed by atoms with Gasteiger partial charge >= 0.3 is 0 Å². The van der Waals surface area contributed by atoms with E-state index in [4.69, 9.17) is 14.2 Å². The highest BCUT2D eigenvalue weighted by Crippen LogP contribution is 2.27. The van der Waals surface area contributed by atoms with Crippen LogP contribution in [0.2, 0.25) is 0 Å². The molecule has 1 aromatic carbocycles. The average molecular weight is 279 g/mol. The van der Waals surface area contributed by atoms with E-state index in [0.29, 0.717) is 12.6 Å². The average Bonchev–Trinajstić information content (AvgIpc) is 3.27. The zero-order valence-corrected chi connectivity index (χ0v) is 12.6. The van der Waals surface area contributed by atoms with Crippen molar-refractivity contribution in [3.05, 3.63) is 23.8 Å². The van der Waals surface area contributed by atoms with Crippen LogP contribution in [0.3, 0.4) is 0 Å². The highest BCUT2D eigenvalue weighted by molar-refractivity contribution is 5.41. The lowest BCUT2D eigenvalue weighted by atomic mass is 10.1. The van der Waals surface area contributed by atoms with E-state index in [-0.39, 0.29) is 6.10 Å². The molecule has 0 saturated heterocycles. The van der Waals surface area contributed by atoms with Gasteiger partial charge in [-0.05, 0) is 25.8 Å². The highest BCUT2D eigenvalue weighted by atomic mass is 16.5. The molecule has 1 saturated carbocycles. The quantitative estimate of drug-likeness (QED) is 0.754. The fraction of sp³-hybridized carbons (Fsp3) is 0.625. The number of hydrogen-bond donors (Lipinski definition) is 1. The molecule has 4 nitrogen and oxygen atoms in total. The number of rotatable bonds is 9. The molecule has 1 aliphatic rings. The number of methoxy groups -OCH3 is 2. The Morgan fingerprint density at radius 1 is 1.30 bits per heavy atom. The maximum absolute atomic E-state index is 6.04. The maximum Gasteiger partial charge on any atom is 0.127 e. The molecule has 0 spiro atoms. The minimum absolute atomic E-state index is 0.127. The summed E-state index contributed by atoms with van der Waals surface area (Å²) in [7, 11) is 3.39. The summed E-state index contributed by atoms with van der Waals surface area (Å²) in [5, 5.41) is 3.52. The monoisotopic (exact) mass is 279 g/mol. The van der Waals surface area contributed by atoms with Gasteiger partial charge in [0.15, 0.2) is 0 Å². The van der Waals surface area contributed by atoms with Crippen molar-refractivity contribution in [1.82, 2.24) is 5.32 Å². The van der Waals surface area contributed by atoms with Gasteiger partial charge in [-0.15, -0.1) is 0 Å². The van der Waals surface area contributed by atoms with Gasteiger partial charge in [0.25, 0.3) is 0 Å². The van der Waals surface area contributed by atoms with E-state index in [9.17, 15) is 0 Å². The topological polar surface area (TPSA) is 39.7 Å². The zero-order valence-electron chi connectivity index (χ0n) is 12.6. The number of hydrogen-bond acceptors (Lipinski definition) is 4. The molecule has 20 heavy (non-hydrogen) atoms. The molecule has 1 aliphatic carbocycles. The van der Waals surface area contributed by atoms with Crippen molar-refractivity contribution < 1.29 is 14.2 Å². The largest absolute Gasteiger partial charge is 0.497 e. The number of nitrogens with one attached hydrogen (secondary N) is 1. The maximum atomic E-state index is 6.04. The normalized spacial score (nSPS) is 15.9. The summed E-state index contributed by atoms with van der Waals surface area (Å²) in [4.78, 5) is 0. The summed E-state index contributed by atoms with van der Waals surface area (Å²) in [6.07, 6.45) is 3.58. The molecular formula is C16H25NO3. The van der Waals surface area contributed by atoms with Gasteiger partial charge in [-0.2, -0.15) is 0 Å². The van der Waals surface area contributed by atoms with Crippen molar-refractivity contribution in [3.63, 3.8) is 0 Å². The minimum atomic E-state index is 0.127. The van der Waals surface area contributed by atoms with Crippen LogP contribution in [0.15, 0.2) is 18.2 Å². The van der Waals surface area contributed by atoms with E-state index in [1.165, 1.54) is 18.4 Å². The summed E-state index contributed by atoms with van der Waals surface area (Å²) in [6, 6.07) is 6.71. The molecule has 2 rings (SSSR count). The lowest BCUT2D eigenvalue weighted by Crippen LogP contribution is -2.19. The van der Waals surface area contributed by atoms with E-state index >= 15 is 0 Å². The molecule has 0 heterocycles. The molecule has 0 aromatic heterocycles. The van der Waals surface area contributed by atoms with E-state index in [1.54, 1.807) is 14.2 Å². The molecule has 0 bridgehead atoms. The van der Waals surface area contributed by atoms with Crippen molar-refractivity contribution in [2.45, 2.75) is 44.9 Å². The second-order valence-corrected chi connectivity index (χ2v) is 5.34. The van der Waals surface area contributed by atoms with Gasteiger partial charge in [-0.3, -0.25) is 0 Å². The first-order chi connectivity index (χ1) is 9.72. The van der Waals surface area contributed by atoms with Gasteiger partial charge in [0.2, 0.25) is 0 Å². The van der Waals surface area contributed by atoms with Crippen LogP contribution in [-0.2, 0) is 11.3 Å². The van der Waals surface area contributed by atoms with Gasteiger partial charge in [0.1, 0.15) is 11.5 Å². The number of benzene rings is 1. The van der Waals surface area contributed by atoms with E-state index in [2.05, 4.69) is 18.3 Å². The third kappa shape index (κ3) is 4.69. The van der Waals surface area contributed by atoms with Crippen LogP contribution in [0.25, 0.3) is 0 Å². The third-order valence-electron chi connectivity index (χ3n) is 3.49. The summed E-state index contributed by atoms with van der Waals surface area (Å²) in [5.41, 5.74) is 1.18. The predicted molar refractivity (Wildman–Crippen MR) is 79.4 cm³/mol. The molecule has 0 aliphatic heterocycles. The Morgan fingerprint density at radius 2 is 2.10 bits per heavy atom. The van der Waals surface area contributed by atoms with E-state index in [1.807, 2.05) is 12.1 Å². The molecule has 1 fully saturated rings. The van der Waals surface area contributed by atoms with Crippen molar-refractivity contribution in [1.29, 1.82) is 0 Å². The summed E-state index contributed by atoms with van der Waals surface area (Å²) in [6.45, 7) is 3.62. The Morgan fingerprint density at radius 3 is 2.75 bits per heavy atom. The first-order valence-corrected chi connectivity index (χ1v) is 7.29. The Kier molecular flexibility index (Phi) is 5.68. The van der Waals surface area contributed by atoms with Gasteiger partial charge in [-0.25, -0.2) is 0 Å². The Balaban J connectivity index is 2.00. The molecule has 1 aromatic rings. The van der Waals surface area contributed by atoms with Crippen LogP contribution in [-0.4, -0.2) is 33.0 Å². The van der Waals surface area contributed by atoms with Gasteiger partial charge in [0, 0.05) is 44.4 Å². The lowest BCUT2D eigenvalue weighted by molar-refractivity contribution is 0.134. The van der Waals surface area contributed by atoms with Gasteiger partial charge < -0.3 is 19.5 Å². The van der Waals surface area contributed by atoms with Crippen molar-refractivity contribution >= 4 is 0 Å². The molecule has 4 heteroatoms. The van der Waals surface area contributed by atoms with Crippen molar-refractivity contribution in [2.75, 3.05) is 20.8 Å². The second-order valence-electron chi connectivity index (χ2n) is 5.34. The Hall–Kier alpha value is -1.26. The zero-order chi connectivity index (χ0) is 14.4. The fourth-order valence-electron chi connectivity index (χ4n) is 2.02. The molecule has 112 valence electrons. The van der Waals surface area contributed by atoms with Gasteiger partial charge in [-0.1, -0.05) is 6.07 Å². The van der Waals surface area contributed by atoms with Gasteiger partial charge in [0.05, 0.1) is 13.2 Å². The first-order valence-electron chi connectivity index (χ1n) is 7.29. The van der Waals surface area contributed by atoms with Crippen molar-refractivity contribution in [2.24, 2.45) is 0 Å². The summed E-state index contributed by atoms with van der Waals surface area (Å²) >= 11 is 0. The summed E-state index contributed by atoms with van der Waals surface area (Å²) < 4.78 is 16.4. The second kappa shape index (κ2) is 7.50. The van der Waals surface area contributed by atoms with Crippen LogP contribution >= 0.6 is 0 Å². The first kappa shape index (κ1) is 15.1. The SMILES string of the molecule is COCCC(C)Oc1cc(OC)ccc1CNC1CC1. The van der Waals surface area contributed by atoms with Crippen LogP contribution in [0.1, 0.15) is 31.7 Å². The standard InChI is InChI=1S/C16H25NO3/c1-12(8-9-18-2)20-16-10-15(19-3)7-4-13(16)11-17-14-5-6-14/h4,7,10,12,14,17H,5-6,8-9,11H2,1-3H3. The van der Waals surface area contributed by atoms with Crippen LogP contribution in [0.5, 0.6) is 11.5 Å². The smallest absolute Gasteiger partial charge is 0.127 e. The third-order valence-corrected chi connectivity index (χ3v) is 3.49. The van der Waals surface area contributed by atoms with Crippen LogP contribution in [0.4, 0.5) is 0 Å². The number of ether oxygens (including phenoxy) is 3. The molecule has 0 radical (unpaired) electrons. The van der Waals surface area contributed by atoms with E-state index < -0.39 is 0 Å². The predicted octanol–water partition coefficient (Wildman–Crippen LogP) is 2.75. The van der Waals surface area contributed by atoms with E-state index in [0.717, 1.165) is 24.5 Å². The lowest BCUT2D eigenvalue weighted by Gasteiger charge is -2.18. The molecule has 1 atom stereocenters.